The minimum absolute atomic E-state index is 0.407. The summed E-state index contributed by atoms with van der Waals surface area (Å²) in [7, 11) is 0. The number of hydrogen-bond donors (Lipinski definition) is 0. The fraction of sp³-hybridized carbons (Fsp3) is 0.273. The highest BCUT2D eigenvalue weighted by Crippen LogP contribution is 2.52. The minimum atomic E-state index is 0.407. The molecule has 0 aromatic rings. The molecule has 0 aromatic heterocycles. The molecule has 1 atom stereocenters. The molecule has 11 heavy (non-hydrogen) atoms. The fourth-order valence-electron chi connectivity index (χ4n) is 2.33. The summed E-state index contributed by atoms with van der Waals surface area (Å²) in [6, 6.07) is 0. The summed E-state index contributed by atoms with van der Waals surface area (Å²) in [5.41, 5.74) is 3.47. The van der Waals surface area contributed by atoms with Crippen molar-refractivity contribution in [3.05, 3.63) is 47.6 Å². The van der Waals surface area contributed by atoms with E-state index in [0.717, 1.165) is 0 Å². The largest absolute Gasteiger partial charge is 0.0800 e. The lowest BCUT2D eigenvalue weighted by atomic mass is 9.78. The molecule has 0 fully saturated rings. The molecule has 0 N–H and O–H groups in total. The van der Waals surface area contributed by atoms with Gasteiger partial charge in [0.15, 0.2) is 0 Å². The lowest BCUT2D eigenvalue weighted by molar-refractivity contribution is 0.520. The molecule has 0 saturated heterocycles. The van der Waals surface area contributed by atoms with E-state index in [1.54, 1.807) is 0 Å². The lowest BCUT2D eigenvalue weighted by Crippen LogP contribution is -2.14. The molecule has 0 heterocycles. The second kappa shape index (κ2) is 1.58. The quantitative estimate of drug-likeness (QED) is 0.488. The molecule has 0 saturated carbocycles. The molecule has 3 aliphatic carbocycles. The van der Waals surface area contributed by atoms with E-state index >= 15 is 0 Å². The van der Waals surface area contributed by atoms with Gasteiger partial charge in [0.05, 0.1) is 0 Å². The molecule has 3 aliphatic rings. The molecular formula is C11H10. The van der Waals surface area contributed by atoms with Crippen molar-refractivity contribution >= 4 is 0 Å². The predicted octanol–water partition coefficient (Wildman–Crippen LogP) is 2.76. The van der Waals surface area contributed by atoms with Crippen LogP contribution >= 0.6 is 0 Å². The molecular weight excluding hydrogens is 132 g/mol. The van der Waals surface area contributed by atoms with Crippen LogP contribution < -0.4 is 0 Å². The van der Waals surface area contributed by atoms with Gasteiger partial charge in [0.2, 0.25) is 0 Å². The Labute approximate surface area is 66.6 Å². The van der Waals surface area contributed by atoms with Gasteiger partial charge in [-0.3, -0.25) is 0 Å². The van der Waals surface area contributed by atoms with E-state index in [0.29, 0.717) is 5.41 Å². The lowest BCUT2D eigenvalue weighted by Gasteiger charge is -2.25. The zero-order chi connectivity index (χ0) is 7.31. The van der Waals surface area contributed by atoms with Gasteiger partial charge in [-0.05, 0) is 18.4 Å². The van der Waals surface area contributed by atoms with E-state index in [9.17, 15) is 0 Å². The van der Waals surface area contributed by atoms with Crippen molar-refractivity contribution in [3.8, 4) is 0 Å². The van der Waals surface area contributed by atoms with Gasteiger partial charge in [-0.15, -0.1) is 0 Å². The van der Waals surface area contributed by atoms with E-state index in [-0.39, 0.29) is 0 Å². The molecule has 54 valence electrons. The van der Waals surface area contributed by atoms with Gasteiger partial charge >= 0.3 is 0 Å². The second-order valence-corrected chi connectivity index (χ2v) is 3.63. The van der Waals surface area contributed by atoms with Crippen LogP contribution in [0.25, 0.3) is 0 Å². The van der Waals surface area contributed by atoms with E-state index in [1.165, 1.54) is 24.0 Å². The van der Waals surface area contributed by atoms with Crippen molar-refractivity contribution in [3.63, 3.8) is 0 Å². The van der Waals surface area contributed by atoms with Crippen molar-refractivity contribution < 1.29 is 0 Å². The summed E-state index contributed by atoms with van der Waals surface area (Å²) in [6.45, 7) is 0. The summed E-state index contributed by atoms with van der Waals surface area (Å²) in [6.07, 6.45) is 16.1. The molecule has 3 rings (SSSR count). The summed E-state index contributed by atoms with van der Waals surface area (Å²) in [5, 5.41) is 0. The van der Waals surface area contributed by atoms with E-state index in [4.69, 9.17) is 0 Å². The number of rotatable bonds is 0. The van der Waals surface area contributed by atoms with Crippen molar-refractivity contribution in [2.24, 2.45) is 5.41 Å². The molecule has 2 bridgehead atoms. The first kappa shape index (κ1) is 5.59. The number of hydrogen-bond acceptors (Lipinski definition) is 0. The Morgan fingerprint density at radius 2 is 2.27 bits per heavy atom. The van der Waals surface area contributed by atoms with Crippen LogP contribution in [0.4, 0.5) is 0 Å². The summed E-state index contributed by atoms with van der Waals surface area (Å²) >= 11 is 0. The monoisotopic (exact) mass is 142 g/mol. The maximum absolute atomic E-state index is 2.37. The molecule has 0 nitrogen and oxygen atoms in total. The average molecular weight is 142 g/mol. The van der Waals surface area contributed by atoms with Gasteiger partial charge in [-0.1, -0.05) is 42.0 Å². The third-order valence-corrected chi connectivity index (χ3v) is 2.97. The molecule has 0 heteroatoms. The van der Waals surface area contributed by atoms with Crippen LogP contribution in [0, 0.1) is 5.41 Å². The Morgan fingerprint density at radius 3 is 3.09 bits per heavy atom. The first-order valence-corrected chi connectivity index (χ1v) is 4.16. The zero-order valence-corrected chi connectivity index (χ0v) is 6.38. The first-order chi connectivity index (χ1) is 5.39. The second-order valence-electron chi connectivity index (χ2n) is 3.63. The van der Waals surface area contributed by atoms with Crippen LogP contribution in [0.2, 0.25) is 0 Å². The molecule has 1 spiro atoms. The van der Waals surface area contributed by atoms with Crippen LogP contribution in [0.15, 0.2) is 47.6 Å². The summed E-state index contributed by atoms with van der Waals surface area (Å²) in [4.78, 5) is 0. The average Bonchev–Trinajstić information content (AvgIpc) is 2.57. The van der Waals surface area contributed by atoms with Crippen LogP contribution in [0.5, 0.6) is 0 Å². The van der Waals surface area contributed by atoms with E-state index < -0.39 is 0 Å². The van der Waals surface area contributed by atoms with Crippen LogP contribution in [0.3, 0.4) is 0 Å². The highest BCUT2D eigenvalue weighted by molar-refractivity contribution is 5.53. The van der Waals surface area contributed by atoms with Crippen molar-refractivity contribution in [2.45, 2.75) is 12.8 Å². The molecule has 0 radical (unpaired) electrons. The van der Waals surface area contributed by atoms with E-state index in [1.807, 2.05) is 0 Å². The van der Waals surface area contributed by atoms with Crippen LogP contribution in [-0.4, -0.2) is 0 Å². The molecule has 0 amide bonds. The summed E-state index contributed by atoms with van der Waals surface area (Å²) in [5.74, 6) is 0. The number of fused-ring (bicyclic) bond motifs is 1. The maximum Gasteiger partial charge on any atom is 0.0210 e. The maximum atomic E-state index is 2.37. The van der Waals surface area contributed by atoms with Crippen LogP contribution in [0.1, 0.15) is 12.8 Å². The third-order valence-electron chi connectivity index (χ3n) is 2.97. The standard InChI is InChI=1S/C11H10/c1-2-5-11-6-4-9(8-11)7-10(11)3-1/h1-5,7H,6,8H2. The Balaban J connectivity index is 2.23. The van der Waals surface area contributed by atoms with Gasteiger partial charge in [0.25, 0.3) is 0 Å². The van der Waals surface area contributed by atoms with Crippen LogP contribution in [-0.2, 0) is 0 Å². The van der Waals surface area contributed by atoms with Crippen molar-refractivity contribution in [1.82, 2.24) is 0 Å². The number of allylic oxidation sites excluding steroid dienone is 8. The molecule has 1 unspecified atom stereocenters. The third kappa shape index (κ3) is 0.555. The van der Waals surface area contributed by atoms with Crippen molar-refractivity contribution in [1.29, 1.82) is 0 Å². The van der Waals surface area contributed by atoms with Gasteiger partial charge < -0.3 is 0 Å². The Bertz CT molecular complexity index is 326. The zero-order valence-electron chi connectivity index (χ0n) is 6.38. The van der Waals surface area contributed by atoms with Gasteiger partial charge in [0.1, 0.15) is 0 Å². The molecule has 0 aromatic carbocycles. The normalized spacial score (nSPS) is 37.1. The highest BCUT2D eigenvalue weighted by Gasteiger charge is 2.39. The Kier molecular flexibility index (Phi) is 0.803. The highest BCUT2D eigenvalue weighted by atomic mass is 14.4. The predicted molar refractivity (Wildman–Crippen MR) is 46.1 cm³/mol. The topological polar surface area (TPSA) is 0 Å². The molecule has 0 aliphatic heterocycles. The van der Waals surface area contributed by atoms with Gasteiger partial charge in [0, 0.05) is 5.41 Å². The SMILES string of the molecule is C1=CC2=CC3=CCC2(C=C1)C3. The van der Waals surface area contributed by atoms with Crippen molar-refractivity contribution in [2.75, 3.05) is 0 Å². The van der Waals surface area contributed by atoms with Gasteiger partial charge in [-0.25, -0.2) is 0 Å². The Hall–Kier alpha value is -1.04. The minimum Gasteiger partial charge on any atom is -0.0800 e. The van der Waals surface area contributed by atoms with E-state index in [2.05, 4.69) is 36.5 Å². The smallest absolute Gasteiger partial charge is 0.0210 e. The Morgan fingerprint density at radius 1 is 1.27 bits per heavy atom. The fourth-order valence-corrected chi connectivity index (χ4v) is 2.33. The summed E-state index contributed by atoms with van der Waals surface area (Å²) < 4.78 is 0. The van der Waals surface area contributed by atoms with Gasteiger partial charge in [-0.2, -0.15) is 0 Å². The first-order valence-electron chi connectivity index (χ1n) is 4.16.